The Morgan fingerprint density at radius 2 is 2.31 bits per heavy atom. The van der Waals surface area contributed by atoms with E-state index in [0.29, 0.717) is 13.2 Å². The third kappa shape index (κ3) is 3.32. The van der Waals surface area contributed by atoms with Crippen molar-refractivity contribution >= 4 is 5.97 Å². The summed E-state index contributed by atoms with van der Waals surface area (Å²) in [5, 5.41) is 0. The molecule has 0 aliphatic carbocycles. The molecule has 1 unspecified atom stereocenters. The minimum Gasteiger partial charge on any atom is -0.463 e. The highest BCUT2D eigenvalue weighted by molar-refractivity contribution is 5.72. The molecule has 1 heterocycles. The molecule has 76 valence electrons. The lowest BCUT2D eigenvalue weighted by molar-refractivity contribution is -0.154. The van der Waals surface area contributed by atoms with Crippen LogP contribution >= 0.6 is 0 Å². The number of cyclic esters (lactones) is 1. The first-order chi connectivity index (χ1) is 5.88. The van der Waals surface area contributed by atoms with Gasteiger partial charge in [0.25, 0.3) is 0 Å². The standard InChI is InChI=1S/C9H18N2O2/c1-7-5-13-8(12)4-11(7)6-9(2,3)10/h7H,4-6,10H2,1-3H3. The molecular weight excluding hydrogens is 168 g/mol. The van der Waals surface area contributed by atoms with Crippen LogP contribution < -0.4 is 5.73 Å². The molecular formula is C9H18N2O2. The Morgan fingerprint density at radius 3 is 2.85 bits per heavy atom. The average molecular weight is 186 g/mol. The monoisotopic (exact) mass is 186 g/mol. The number of hydrogen-bond donors (Lipinski definition) is 1. The molecule has 0 aromatic rings. The number of carbonyl (C=O) groups is 1. The van der Waals surface area contributed by atoms with Gasteiger partial charge < -0.3 is 10.5 Å². The van der Waals surface area contributed by atoms with Gasteiger partial charge in [0.05, 0.1) is 6.54 Å². The van der Waals surface area contributed by atoms with Crippen LogP contribution in [0.4, 0.5) is 0 Å². The van der Waals surface area contributed by atoms with Crippen molar-refractivity contribution in [2.75, 3.05) is 19.7 Å². The van der Waals surface area contributed by atoms with Crippen LogP contribution in [0.3, 0.4) is 0 Å². The smallest absolute Gasteiger partial charge is 0.320 e. The van der Waals surface area contributed by atoms with E-state index in [1.807, 2.05) is 20.8 Å². The van der Waals surface area contributed by atoms with Crippen molar-refractivity contribution in [1.82, 2.24) is 4.90 Å². The lowest BCUT2D eigenvalue weighted by Gasteiger charge is -2.36. The van der Waals surface area contributed by atoms with E-state index >= 15 is 0 Å². The van der Waals surface area contributed by atoms with Gasteiger partial charge in [-0.3, -0.25) is 9.69 Å². The summed E-state index contributed by atoms with van der Waals surface area (Å²) in [5.41, 5.74) is 5.62. The molecule has 13 heavy (non-hydrogen) atoms. The maximum atomic E-state index is 11.0. The topological polar surface area (TPSA) is 55.6 Å². The molecule has 1 fully saturated rings. The molecule has 1 rings (SSSR count). The quantitative estimate of drug-likeness (QED) is 0.615. The molecule has 0 spiro atoms. The summed E-state index contributed by atoms with van der Waals surface area (Å²) in [4.78, 5) is 13.1. The Hall–Kier alpha value is -0.610. The Labute approximate surface area is 79.0 Å². The molecule has 2 N–H and O–H groups in total. The van der Waals surface area contributed by atoms with E-state index in [9.17, 15) is 4.79 Å². The van der Waals surface area contributed by atoms with Gasteiger partial charge in [-0.15, -0.1) is 0 Å². The number of hydrogen-bond acceptors (Lipinski definition) is 4. The van der Waals surface area contributed by atoms with E-state index in [1.54, 1.807) is 0 Å². The number of nitrogens with zero attached hydrogens (tertiary/aromatic N) is 1. The number of rotatable bonds is 2. The molecule has 1 saturated heterocycles. The first-order valence-electron chi connectivity index (χ1n) is 4.57. The number of ether oxygens (including phenoxy) is 1. The highest BCUT2D eigenvalue weighted by Crippen LogP contribution is 2.10. The van der Waals surface area contributed by atoms with E-state index in [1.165, 1.54) is 0 Å². The first kappa shape index (κ1) is 10.5. The Morgan fingerprint density at radius 1 is 1.69 bits per heavy atom. The van der Waals surface area contributed by atoms with Crippen molar-refractivity contribution in [3.8, 4) is 0 Å². The molecule has 4 nitrogen and oxygen atoms in total. The largest absolute Gasteiger partial charge is 0.463 e. The van der Waals surface area contributed by atoms with Crippen molar-refractivity contribution in [3.05, 3.63) is 0 Å². The fraction of sp³-hybridized carbons (Fsp3) is 0.889. The zero-order valence-electron chi connectivity index (χ0n) is 8.54. The summed E-state index contributed by atoms with van der Waals surface area (Å²) in [6, 6.07) is 0.278. The summed E-state index contributed by atoms with van der Waals surface area (Å²) >= 11 is 0. The fourth-order valence-corrected chi connectivity index (χ4v) is 1.42. The van der Waals surface area contributed by atoms with Gasteiger partial charge in [0.2, 0.25) is 0 Å². The van der Waals surface area contributed by atoms with Crippen LogP contribution in [0, 0.1) is 0 Å². The van der Waals surface area contributed by atoms with E-state index < -0.39 is 0 Å². The Balaban J connectivity index is 2.51. The van der Waals surface area contributed by atoms with Crippen LogP contribution in [-0.2, 0) is 9.53 Å². The van der Waals surface area contributed by atoms with Gasteiger partial charge in [-0.05, 0) is 20.8 Å². The van der Waals surface area contributed by atoms with E-state index in [2.05, 4.69) is 4.90 Å². The van der Waals surface area contributed by atoms with E-state index in [4.69, 9.17) is 10.5 Å². The van der Waals surface area contributed by atoms with Gasteiger partial charge in [-0.25, -0.2) is 0 Å². The van der Waals surface area contributed by atoms with Crippen molar-refractivity contribution in [3.63, 3.8) is 0 Å². The normalized spacial score (nSPS) is 25.8. The fourth-order valence-electron chi connectivity index (χ4n) is 1.42. The van der Waals surface area contributed by atoms with Crippen LogP contribution in [0.2, 0.25) is 0 Å². The Kier molecular flexibility index (Phi) is 2.93. The van der Waals surface area contributed by atoms with Gasteiger partial charge in [-0.2, -0.15) is 0 Å². The van der Waals surface area contributed by atoms with Gasteiger partial charge in [0, 0.05) is 18.1 Å². The van der Waals surface area contributed by atoms with Crippen LogP contribution in [0.15, 0.2) is 0 Å². The molecule has 0 amide bonds. The third-order valence-corrected chi connectivity index (χ3v) is 2.05. The van der Waals surface area contributed by atoms with Crippen LogP contribution in [0.25, 0.3) is 0 Å². The number of carbonyl (C=O) groups excluding carboxylic acids is 1. The predicted octanol–water partition coefficient (Wildman–Crippen LogP) is -0.0290. The maximum absolute atomic E-state index is 11.0. The van der Waals surface area contributed by atoms with E-state index in [0.717, 1.165) is 6.54 Å². The highest BCUT2D eigenvalue weighted by atomic mass is 16.5. The van der Waals surface area contributed by atoms with Gasteiger partial charge in [0.1, 0.15) is 6.61 Å². The number of morpholine rings is 1. The molecule has 1 atom stereocenters. The van der Waals surface area contributed by atoms with Crippen LogP contribution in [0.1, 0.15) is 20.8 Å². The molecule has 1 aliphatic rings. The number of nitrogens with two attached hydrogens (primary N) is 1. The lowest BCUT2D eigenvalue weighted by atomic mass is 10.1. The van der Waals surface area contributed by atoms with Gasteiger partial charge >= 0.3 is 5.97 Å². The molecule has 0 aromatic heterocycles. The minimum atomic E-state index is -0.258. The van der Waals surface area contributed by atoms with Crippen LogP contribution in [0.5, 0.6) is 0 Å². The predicted molar refractivity (Wildman–Crippen MR) is 50.3 cm³/mol. The van der Waals surface area contributed by atoms with Crippen molar-refractivity contribution in [1.29, 1.82) is 0 Å². The Bertz CT molecular complexity index is 198. The second kappa shape index (κ2) is 3.64. The zero-order chi connectivity index (χ0) is 10.1. The molecule has 0 saturated carbocycles. The third-order valence-electron chi connectivity index (χ3n) is 2.05. The average Bonchev–Trinajstić information content (AvgIpc) is 1.94. The van der Waals surface area contributed by atoms with E-state index in [-0.39, 0.29) is 17.6 Å². The minimum absolute atomic E-state index is 0.151. The van der Waals surface area contributed by atoms with Gasteiger partial charge in [-0.1, -0.05) is 0 Å². The van der Waals surface area contributed by atoms with Crippen molar-refractivity contribution in [2.24, 2.45) is 5.73 Å². The van der Waals surface area contributed by atoms with Crippen molar-refractivity contribution in [2.45, 2.75) is 32.4 Å². The van der Waals surface area contributed by atoms with Crippen LogP contribution in [-0.4, -0.2) is 42.1 Å². The summed E-state index contributed by atoms with van der Waals surface area (Å²) in [6.45, 7) is 7.53. The summed E-state index contributed by atoms with van der Waals surface area (Å²) in [5.74, 6) is -0.151. The lowest BCUT2D eigenvalue weighted by Crippen LogP contribution is -2.54. The SMILES string of the molecule is CC1COC(=O)CN1CC(C)(C)N. The van der Waals surface area contributed by atoms with Gasteiger partial charge in [0.15, 0.2) is 0 Å². The molecule has 0 bridgehead atoms. The maximum Gasteiger partial charge on any atom is 0.320 e. The highest BCUT2D eigenvalue weighted by Gasteiger charge is 2.28. The first-order valence-corrected chi connectivity index (χ1v) is 4.57. The summed E-state index contributed by atoms with van der Waals surface area (Å²) in [6.07, 6.45) is 0. The molecule has 0 radical (unpaired) electrons. The summed E-state index contributed by atoms with van der Waals surface area (Å²) in [7, 11) is 0. The second-order valence-electron chi connectivity index (χ2n) is 4.43. The zero-order valence-corrected chi connectivity index (χ0v) is 8.54. The molecule has 1 aliphatic heterocycles. The van der Waals surface area contributed by atoms with Crippen molar-refractivity contribution < 1.29 is 9.53 Å². The number of esters is 1. The summed E-state index contributed by atoms with van der Waals surface area (Å²) < 4.78 is 4.91. The molecule has 4 heteroatoms. The molecule has 0 aromatic carbocycles. The second-order valence-corrected chi connectivity index (χ2v) is 4.43.